The first-order valence-corrected chi connectivity index (χ1v) is 15.2. The molecule has 0 radical (unpaired) electrons. The van der Waals surface area contributed by atoms with Crippen LogP contribution in [0.1, 0.15) is 36.8 Å². The Morgan fingerprint density at radius 3 is 2.02 bits per heavy atom. The van der Waals surface area contributed by atoms with E-state index < -0.39 is 34.5 Å². The molecule has 0 heterocycles. The van der Waals surface area contributed by atoms with Gasteiger partial charge in [-0.25, -0.2) is 8.70 Å². The van der Waals surface area contributed by atoms with Crippen LogP contribution in [0, 0.1) is 5.82 Å². The zero-order chi connectivity index (χ0) is 29.4. The number of carbonyl (C=O) groups excluding carboxylic acids is 2. The van der Waals surface area contributed by atoms with E-state index >= 15 is 0 Å². The molecule has 0 spiro atoms. The minimum atomic E-state index is -4.26. The van der Waals surface area contributed by atoms with Gasteiger partial charge in [0.05, 0.1) is 5.69 Å². The molecular weight excluding hydrogens is 543 g/mol. The van der Waals surface area contributed by atoms with E-state index in [0.29, 0.717) is 0 Å². The molecule has 0 bridgehead atoms. The molecule has 1 aliphatic rings. The first kappa shape index (κ1) is 30.2. The fraction of sp³-hybridized carbons (Fsp3) is 0.355. The standard InChI is InChI=1S/C31H37FN4O4S/c1-34(2)41(39,40)36(28-20-12-11-19-27(28)32)23-30(37)35(22-25-15-7-4-8-16-25)29(21-24-13-5-3-6-14-24)31(38)33-26-17-9-10-18-26/h3-8,11-16,19-20,26,29H,9-10,17-18,21-23H2,1-2H3,(H,33,38)/t29-/m1/s1. The van der Waals surface area contributed by atoms with E-state index in [4.69, 9.17) is 0 Å². The van der Waals surface area contributed by atoms with Crippen molar-refractivity contribution >= 4 is 27.7 Å². The summed E-state index contributed by atoms with van der Waals surface area (Å²) in [6.45, 7) is -0.612. The van der Waals surface area contributed by atoms with Crippen molar-refractivity contribution in [2.24, 2.45) is 0 Å². The van der Waals surface area contributed by atoms with Gasteiger partial charge in [0.2, 0.25) is 11.8 Å². The largest absolute Gasteiger partial charge is 0.352 e. The number of nitrogens with zero attached hydrogens (tertiary/aromatic N) is 3. The molecule has 3 aromatic carbocycles. The highest BCUT2D eigenvalue weighted by Crippen LogP contribution is 2.25. The van der Waals surface area contributed by atoms with Crippen molar-refractivity contribution in [2.75, 3.05) is 24.9 Å². The molecule has 0 aromatic heterocycles. The lowest BCUT2D eigenvalue weighted by atomic mass is 10.0. The van der Waals surface area contributed by atoms with Crippen LogP contribution < -0.4 is 9.62 Å². The van der Waals surface area contributed by atoms with Crippen molar-refractivity contribution in [1.82, 2.24) is 14.5 Å². The normalized spacial score (nSPS) is 14.5. The molecule has 0 saturated heterocycles. The summed E-state index contributed by atoms with van der Waals surface area (Å²) in [4.78, 5) is 29.5. The van der Waals surface area contributed by atoms with Crippen LogP contribution in [0.5, 0.6) is 0 Å². The maximum absolute atomic E-state index is 14.9. The maximum atomic E-state index is 14.9. The fourth-order valence-electron chi connectivity index (χ4n) is 5.06. The van der Waals surface area contributed by atoms with Crippen molar-refractivity contribution < 1.29 is 22.4 Å². The van der Waals surface area contributed by atoms with Gasteiger partial charge in [-0.2, -0.15) is 12.7 Å². The fourth-order valence-corrected chi connectivity index (χ4v) is 6.12. The Hall–Kier alpha value is -3.76. The third-order valence-electron chi connectivity index (χ3n) is 7.31. The van der Waals surface area contributed by atoms with Crippen LogP contribution in [0.3, 0.4) is 0 Å². The summed E-state index contributed by atoms with van der Waals surface area (Å²) in [7, 11) is -1.62. The summed E-state index contributed by atoms with van der Waals surface area (Å²) < 4.78 is 43.3. The summed E-state index contributed by atoms with van der Waals surface area (Å²) >= 11 is 0. The summed E-state index contributed by atoms with van der Waals surface area (Å²) in [6, 6.07) is 23.2. The molecule has 3 aromatic rings. The van der Waals surface area contributed by atoms with Crippen molar-refractivity contribution in [3.63, 3.8) is 0 Å². The lowest BCUT2D eigenvalue weighted by Crippen LogP contribution is -2.55. The topological polar surface area (TPSA) is 90.0 Å². The number of hydrogen-bond donors (Lipinski definition) is 1. The zero-order valence-electron chi connectivity index (χ0n) is 23.4. The first-order chi connectivity index (χ1) is 19.7. The third kappa shape index (κ3) is 7.71. The average molecular weight is 581 g/mol. The van der Waals surface area contributed by atoms with E-state index in [1.54, 1.807) is 0 Å². The maximum Gasteiger partial charge on any atom is 0.304 e. The van der Waals surface area contributed by atoms with Crippen molar-refractivity contribution in [3.8, 4) is 0 Å². The highest BCUT2D eigenvalue weighted by Gasteiger charge is 2.36. The molecule has 2 amide bonds. The SMILES string of the molecule is CN(C)S(=O)(=O)N(CC(=O)N(Cc1ccccc1)[C@H](Cc1ccccc1)C(=O)NC1CCCC1)c1ccccc1F. The van der Waals surface area contributed by atoms with Crippen molar-refractivity contribution in [3.05, 3.63) is 102 Å². The Balaban J connectivity index is 1.74. The lowest BCUT2D eigenvalue weighted by molar-refractivity contribution is -0.140. The number of halogens is 1. The van der Waals surface area contributed by atoms with E-state index in [-0.39, 0.29) is 30.6 Å². The molecule has 10 heteroatoms. The lowest BCUT2D eigenvalue weighted by Gasteiger charge is -2.35. The van der Waals surface area contributed by atoms with Crippen molar-refractivity contribution in [1.29, 1.82) is 0 Å². The third-order valence-corrected chi connectivity index (χ3v) is 9.11. The Kier molecular flexibility index (Phi) is 10.1. The molecule has 0 unspecified atom stereocenters. The van der Waals surface area contributed by atoms with Gasteiger partial charge >= 0.3 is 10.2 Å². The monoisotopic (exact) mass is 580 g/mol. The van der Waals surface area contributed by atoms with E-state index in [9.17, 15) is 22.4 Å². The molecule has 1 saturated carbocycles. The van der Waals surface area contributed by atoms with Gasteiger partial charge < -0.3 is 10.2 Å². The van der Waals surface area contributed by atoms with Crippen LogP contribution >= 0.6 is 0 Å². The number of anilines is 1. The van der Waals surface area contributed by atoms with Gasteiger partial charge in [-0.15, -0.1) is 0 Å². The Morgan fingerprint density at radius 2 is 1.44 bits per heavy atom. The van der Waals surface area contributed by atoms with Gasteiger partial charge in [-0.3, -0.25) is 9.59 Å². The Bertz CT molecular complexity index is 1410. The predicted molar refractivity (Wildman–Crippen MR) is 158 cm³/mol. The second-order valence-electron chi connectivity index (χ2n) is 10.5. The molecule has 218 valence electrons. The number of rotatable bonds is 12. The molecule has 1 atom stereocenters. The average Bonchev–Trinajstić information content (AvgIpc) is 3.48. The smallest absolute Gasteiger partial charge is 0.304 e. The quantitative estimate of drug-likeness (QED) is 0.349. The molecule has 1 aliphatic carbocycles. The second-order valence-corrected chi connectivity index (χ2v) is 12.5. The molecule has 4 rings (SSSR count). The van der Waals surface area contributed by atoms with E-state index in [2.05, 4.69) is 5.32 Å². The predicted octanol–water partition coefficient (Wildman–Crippen LogP) is 4.14. The Labute approximate surface area is 241 Å². The summed E-state index contributed by atoms with van der Waals surface area (Å²) in [5.41, 5.74) is 1.39. The van der Waals surface area contributed by atoms with Crippen LogP contribution in [-0.4, -0.2) is 62.2 Å². The minimum absolute atomic E-state index is 0.0264. The zero-order valence-corrected chi connectivity index (χ0v) is 24.3. The first-order valence-electron chi connectivity index (χ1n) is 13.8. The van der Waals surface area contributed by atoms with Crippen LogP contribution in [0.25, 0.3) is 0 Å². The van der Waals surface area contributed by atoms with Crippen LogP contribution in [0.15, 0.2) is 84.9 Å². The second kappa shape index (κ2) is 13.7. The highest BCUT2D eigenvalue weighted by molar-refractivity contribution is 7.90. The van der Waals surface area contributed by atoms with Gasteiger partial charge in [-0.05, 0) is 36.1 Å². The number of benzene rings is 3. The summed E-state index contributed by atoms with van der Waals surface area (Å²) in [5.74, 6) is -1.69. The molecule has 8 nitrogen and oxygen atoms in total. The molecule has 1 N–H and O–H groups in total. The number of para-hydroxylation sites is 1. The molecule has 1 fully saturated rings. The van der Waals surface area contributed by atoms with Gasteiger partial charge in [-0.1, -0.05) is 85.6 Å². The van der Waals surface area contributed by atoms with Gasteiger partial charge in [0, 0.05) is 33.1 Å². The minimum Gasteiger partial charge on any atom is -0.352 e. The molecule has 41 heavy (non-hydrogen) atoms. The highest BCUT2D eigenvalue weighted by atomic mass is 32.2. The molecule has 0 aliphatic heterocycles. The molecular formula is C31H37FN4O4S. The van der Waals surface area contributed by atoms with Gasteiger partial charge in [0.15, 0.2) is 0 Å². The van der Waals surface area contributed by atoms with Crippen molar-refractivity contribution in [2.45, 2.75) is 50.7 Å². The van der Waals surface area contributed by atoms with E-state index in [0.717, 1.165) is 51.5 Å². The van der Waals surface area contributed by atoms with E-state index in [1.807, 2.05) is 60.7 Å². The van der Waals surface area contributed by atoms with E-state index in [1.165, 1.54) is 37.2 Å². The van der Waals surface area contributed by atoms with Crippen LogP contribution in [0.2, 0.25) is 0 Å². The van der Waals surface area contributed by atoms with Crippen LogP contribution in [0.4, 0.5) is 10.1 Å². The van der Waals surface area contributed by atoms with Crippen LogP contribution in [-0.2, 0) is 32.8 Å². The number of amides is 2. The number of hydrogen-bond acceptors (Lipinski definition) is 4. The van der Waals surface area contributed by atoms with Gasteiger partial charge in [0.1, 0.15) is 18.4 Å². The number of carbonyl (C=O) groups is 2. The van der Waals surface area contributed by atoms with Gasteiger partial charge in [0.25, 0.3) is 0 Å². The summed E-state index contributed by atoms with van der Waals surface area (Å²) in [5, 5.41) is 3.13. The Morgan fingerprint density at radius 1 is 0.878 bits per heavy atom. The number of nitrogens with one attached hydrogen (secondary N) is 1. The summed E-state index contributed by atoms with van der Waals surface area (Å²) in [6.07, 6.45) is 4.04.